The number of benzene rings is 2. The minimum atomic E-state index is -0.0288. The van der Waals surface area contributed by atoms with Crippen LogP contribution in [0.5, 0.6) is 5.75 Å². The number of rotatable bonds is 5. The Hall–Kier alpha value is -2.59. The van der Waals surface area contributed by atoms with Gasteiger partial charge < -0.3 is 10.1 Å². The molecule has 3 aromatic rings. The Morgan fingerprint density at radius 2 is 2.00 bits per heavy atom. The fraction of sp³-hybridized carbons (Fsp3) is 0.227. The molecule has 4 rings (SSSR count). The van der Waals surface area contributed by atoms with E-state index in [1.807, 2.05) is 37.3 Å². The Labute approximate surface area is 157 Å². The molecule has 1 aliphatic heterocycles. The second-order valence-corrected chi connectivity index (χ2v) is 7.49. The average Bonchev–Trinajstić information content (AvgIpc) is 3.33. The van der Waals surface area contributed by atoms with E-state index in [0.29, 0.717) is 5.56 Å². The van der Waals surface area contributed by atoms with E-state index in [1.54, 1.807) is 11.3 Å². The molecule has 0 fully saturated rings. The van der Waals surface area contributed by atoms with Crippen molar-refractivity contribution in [3.05, 3.63) is 76.0 Å². The summed E-state index contributed by atoms with van der Waals surface area (Å²) >= 11 is 1.67. The van der Waals surface area contributed by atoms with Gasteiger partial charge in [0.2, 0.25) is 0 Å². The van der Waals surface area contributed by atoms with E-state index in [0.717, 1.165) is 30.8 Å². The van der Waals surface area contributed by atoms with Crippen molar-refractivity contribution >= 4 is 17.2 Å². The van der Waals surface area contributed by atoms with Gasteiger partial charge in [0.1, 0.15) is 5.75 Å². The van der Waals surface area contributed by atoms with E-state index >= 15 is 0 Å². The van der Waals surface area contributed by atoms with Gasteiger partial charge >= 0.3 is 0 Å². The molecule has 2 aromatic carbocycles. The van der Waals surface area contributed by atoms with Crippen molar-refractivity contribution in [3.8, 4) is 16.9 Å². The van der Waals surface area contributed by atoms with Crippen LogP contribution in [0.3, 0.4) is 0 Å². The van der Waals surface area contributed by atoms with Crippen LogP contribution in [0.15, 0.2) is 59.3 Å². The number of hydrogen-bond acceptors (Lipinski definition) is 3. The molecule has 1 aliphatic rings. The van der Waals surface area contributed by atoms with Crippen LogP contribution < -0.4 is 10.1 Å². The lowest BCUT2D eigenvalue weighted by Gasteiger charge is -2.15. The first kappa shape index (κ1) is 16.9. The lowest BCUT2D eigenvalue weighted by atomic mass is 10.0. The van der Waals surface area contributed by atoms with Gasteiger partial charge in [0.25, 0.3) is 5.91 Å². The van der Waals surface area contributed by atoms with Crippen LogP contribution in [0.2, 0.25) is 0 Å². The molecule has 4 heteroatoms. The van der Waals surface area contributed by atoms with Gasteiger partial charge in [-0.2, -0.15) is 11.3 Å². The van der Waals surface area contributed by atoms with E-state index < -0.39 is 0 Å². The molecular weight excluding hydrogens is 342 g/mol. The summed E-state index contributed by atoms with van der Waals surface area (Å²) in [5.74, 6) is 0.968. The molecule has 26 heavy (non-hydrogen) atoms. The van der Waals surface area contributed by atoms with Crippen LogP contribution in [0.4, 0.5) is 0 Å². The number of hydrogen-bond donors (Lipinski definition) is 1. The third-order valence-electron chi connectivity index (χ3n) is 4.67. The SMILES string of the molecule is CC(Cc1ccc2c(c1)CCO2)NC(=O)c1ccc(-c2ccsc2)cc1. The Kier molecular flexibility index (Phi) is 4.76. The summed E-state index contributed by atoms with van der Waals surface area (Å²) in [6.07, 6.45) is 1.78. The average molecular weight is 363 g/mol. The minimum absolute atomic E-state index is 0.0288. The topological polar surface area (TPSA) is 38.3 Å². The van der Waals surface area contributed by atoms with Gasteiger partial charge in [0.05, 0.1) is 6.61 Å². The van der Waals surface area contributed by atoms with Gasteiger partial charge in [0, 0.05) is 18.0 Å². The molecular formula is C22H21NO2S. The first-order valence-corrected chi connectivity index (χ1v) is 9.81. The maximum Gasteiger partial charge on any atom is 0.251 e. The number of carbonyl (C=O) groups is 1. The summed E-state index contributed by atoms with van der Waals surface area (Å²) in [4.78, 5) is 12.5. The smallest absolute Gasteiger partial charge is 0.251 e. The van der Waals surface area contributed by atoms with E-state index in [-0.39, 0.29) is 11.9 Å². The molecule has 0 saturated carbocycles. The lowest BCUT2D eigenvalue weighted by molar-refractivity contribution is 0.0940. The number of fused-ring (bicyclic) bond motifs is 1. The van der Waals surface area contributed by atoms with Crippen LogP contribution in [-0.2, 0) is 12.8 Å². The van der Waals surface area contributed by atoms with Crippen LogP contribution in [0.1, 0.15) is 28.4 Å². The second-order valence-electron chi connectivity index (χ2n) is 6.71. The van der Waals surface area contributed by atoms with Gasteiger partial charge in [-0.25, -0.2) is 0 Å². The first-order valence-electron chi connectivity index (χ1n) is 8.87. The summed E-state index contributed by atoms with van der Waals surface area (Å²) in [6.45, 7) is 2.81. The van der Waals surface area contributed by atoms with Crippen molar-refractivity contribution in [2.75, 3.05) is 6.61 Å². The third-order valence-corrected chi connectivity index (χ3v) is 5.36. The Balaban J connectivity index is 1.38. The van der Waals surface area contributed by atoms with Gasteiger partial charge in [-0.3, -0.25) is 4.79 Å². The van der Waals surface area contributed by atoms with Crippen molar-refractivity contribution in [1.29, 1.82) is 0 Å². The Morgan fingerprint density at radius 3 is 2.77 bits per heavy atom. The lowest BCUT2D eigenvalue weighted by Crippen LogP contribution is -2.34. The molecule has 1 atom stereocenters. The number of amides is 1. The van der Waals surface area contributed by atoms with Crippen LogP contribution in [0, 0.1) is 0 Å². The Bertz CT molecular complexity index is 900. The molecule has 2 heterocycles. The van der Waals surface area contributed by atoms with E-state index in [2.05, 4.69) is 34.3 Å². The molecule has 1 N–H and O–H groups in total. The van der Waals surface area contributed by atoms with Gasteiger partial charge in [-0.05, 0) is 70.6 Å². The zero-order valence-corrected chi connectivity index (χ0v) is 15.5. The first-order chi connectivity index (χ1) is 12.7. The van der Waals surface area contributed by atoms with Gasteiger partial charge in [-0.1, -0.05) is 24.3 Å². The molecule has 132 valence electrons. The maximum absolute atomic E-state index is 12.5. The van der Waals surface area contributed by atoms with Crippen molar-refractivity contribution in [2.45, 2.75) is 25.8 Å². The molecule has 0 aliphatic carbocycles. The van der Waals surface area contributed by atoms with Crippen LogP contribution in [0.25, 0.3) is 11.1 Å². The molecule has 1 amide bonds. The summed E-state index contributed by atoms with van der Waals surface area (Å²) in [5, 5.41) is 7.27. The van der Waals surface area contributed by atoms with Crippen LogP contribution >= 0.6 is 11.3 Å². The zero-order valence-electron chi connectivity index (χ0n) is 14.7. The molecule has 1 unspecified atom stereocenters. The molecule has 0 saturated heterocycles. The van der Waals surface area contributed by atoms with E-state index in [9.17, 15) is 4.79 Å². The standard InChI is InChI=1S/C22H21NO2S/c1-15(12-16-2-7-21-19(13-16)8-10-25-21)23-22(24)18-5-3-17(4-6-18)20-9-11-26-14-20/h2-7,9,11,13-15H,8,10,12H2,1H3,(H,23,24). The monoisotopic (exact) mass is 363 g/mol. The predicted octanol–water partition coefficient (Wildman–Crippen LogP) is 4.71. The third kappa shape index (κ3) is 3.65. The summed E-state index contributed by atoms with van der Waals surface area (Å²) < 4.78 is 5.55. The number of thiophene rings is 1. The normalized spacial score (nSPS) is 13.7. The van der Waals surface area contributed by atoms with E-state index in [1.165, 1.54) is 16.7 Å². The molecule has 1 aromatic heterocycles. The summed E-state index contributed by atoms with van der Waals surface area (Å²) in [7, 11) is 0. The number of carbonyl (C=O) groups excluding carboxylic acids is 1. The summed E-state index contributed by atoms with van der Waals surface area (Å²) in [6, 6.07) is 16.3. The van der Waals surface area contributed by atoms with Crippen molar-refractivity contribution in [1.82, 2.24) is 5.32 Å². The van der Waals surface area contributed by atoms with Gasteiger partial charge in [0.15, 0.2) is 0 Å². The zero-order chi connectivity index (χ0) is 17.9. The highest BCUT2D eigenvalue weighted by atomic mass is 32.1. The number of ether oxygens (including phenoxy) is 1. The summed E-state index contributed by atoms with van der Waals surface area (Å²) in [5.41, 5.74) is 5.52. The predicted molar refractivity (Wildman–Crippen MR) is 106 cm³/mol. The van der Waals surface area contributed by atoms with E-state index in [4.69, 9.17) is 4.74 Å². The quantitative estimate of drug-likeness (QED) is 0.713. The van der Waals surface area contributed by atoms with Gasteiger partial charge in [-0.15, -0.1) is 0 Å². The van der Waals surface area contributed by atoms with Crippen molar-refractivity contribution in [2.24, 2.45) is 0 Å². The fourth-order valence-electron chi connectivity index (χ4n) is 3.32. The molecule has 3 nitrogen and oxygen atoms in total. The molecule has 0 spiro atoms. The highest BCUT2D eigenvalue weighted by Gasteiger charge is 2.14. The maximum atomic E-state index is 12.5. The fourth-order valence-corrected chi connectivity index (χ4v) is 3.99. The van der Waals surface area contributed by atoms with Crippen LogP contribution in [-0.4, -0.2) is 18.6 Å². The largest absolute Gasteiger partial charge is 0.493 e. The van der Waals surface area contributed by atoms with Crippen molar-refractivity contribution in [3.63, 3.8) is 0 Å². The molecule has 0 radical (unpaired) electrons. The highest BCUT2D eigenvalue weighted by Crippen LogP contribution is 2.26. The van der Waals surface area contributed by atoms with Crippen molar-refractivity contribution < 1.29 is 9.53 Å². The number of nitrogens with one attached hydrogen (secondary N) is 1. The second kappa shape index (κ2) is 7.34. The Morgan fingerprint density at radius 1 is 1.15 bits per heavy atom. The highest BCUT2D eigenvalue weighted by molar-refractivity contribution is 7.08. The molecule has 0 bridgehead atoms. The minimum Gasteiger partial charge on any atom is -0.493 e.